The molecule has 0 radical (unpaired) electrons. The Morgan fingerprint density at radius 1 is 0.491 bits per heavy atom. The summed E-state index contributed by atoms with van der Waals surface area (Å²) in [5.41, 5.74) is -4.25. The Morgan fingerprint density at radius 3 is 1.06 bits per heavy atom. The van der Waals surface area contributed by atoms with Crippen molar-refractivity contribution in [1.82, 2.24) is 57.7 Å². The highest BCUT2D eigenvalue weighted by molar-refractivity contribution is 14.1. The number of aromatic amines is 1. The third kappa shape index (κ3) is 48.6. The van der Waals surface area contributed by atoms with Crippen LogP contribution in [-0.4, -0.2) is 178 Å². The molecule has 0 atom stereocenters. The van der Waals surface area contributed by atoms with Gasteiger partial charge in [0.05, 0.1) is 38.9 Å². The van der Waals surface area contributed by atoms with Crippen LogP contribution >= 0.6 is 50.1 Å². The number of imidazole rings is 6. The van der Waals surface area contributed by atoms with E-state index in [9.17, 15) is 79.9 Å². The van der Waals surface area contributed by atoms with Crippen molar-refractivity contribution in [3.8, 4) is 0 Å². The molecule has 3 N–H and O–H groups in total. The Bertz CT molecular complexity index is 3800. The highest BCUT2D eigenvalue weighted by Gasteiger charge is 2.41. The molecule has 114 heavy (non-hydrogen) atoms. The molecule has 40 nitrogen and oxygen atoms in total. The lowest BCUT2D eigenvalue weighted by molar-refractivity contribution is -0.396. The average molecular weight is 1850 g/mol. The van der Waals surface area contributed by atoms with E-state index in [4.69, 9.17) is 44.3 Å². The predicted molar refractivity (Wildman–Crippen MR) is 443 cm³/mol. The van der Waals surface area contributed by atoms with Crippen LogP contribution in [0.5, 0.6) is 0 Å². The molecule has 0 aromatic carbocycles. The molecule has 0 aliphatic carbocycles. The number of halogens is 3. The van der Waals surface area contributed by atoms with Crippen molar-refractivity contribution in [2.24, 2.45) is 11.3 Å². The number of nitrogens with one attached hydrogen (secondary N) is 1. The highest BCUT2D eigenvalue weighted by atomic mass is 127. The quantitative estimate of drug-likeness (QED) is 0.00467. The van der Waals surface area contributed by atoms with Gasteiger partial charge < -0.3 is 89.2 Å². The molecule has 0 spiro atoms. The summed E-state index contributed by atoms with van der Waals surface area (Å²) in [5, 5.41) is 82.3. The summed E-state index contributed by atoms with van der Waals surface area (Å²) in [7, 11) is -2.63. The van der Waals surface area contributed by atoms with E-state index in [2.05, 4.69) is 113 Å². The maximum Gasteiger partial charge on any atom is 0.434 e. The smallest absolute Gasteiger partial charge is 0.434 e. The van der Waals surface area contributed by atoms with Crippen LogP contribution in [0.15, 0.2) is 74.4 Å². The Morgan fingerprint density at radius 2 is 0.807 bits per heavy atom. The Hall–Kier alpha value is -8.61. The van der Waals surface area contributed by atoms with Gasteiger partial charge >= 0.3 is 59.6 Å². The van der Waals surface area contributed by atoms with Gasteiger partial charge in [0, 0.05) is 28.5 Å². The number of H-pyrrole nitrogens is 1. The molecule has 0 aliphatic heterocycles. The van der Waals surface area contributed by atoms with Gasteiger partial charge in [0.15, 0.2) is 28.0 Å². The molecule has 0 aliphatic rings. The van der Waals surface area contributed by atoms with Crippen molar-refractivity contribution >= 4 is 126 Å². The van der Waals surface area contributed by atoms with Gasteiger partial charge in [-0.05, 0) is 218 Å². The number of nitro groups is 6. The molecule has 0 bridgehead atoms. The summed E-state index contributed by atoms with van der Waals surface area (Å²) in [6, 6.07) is 0. The number of esters is 2. The third-order valence-electron chi connectivity index (χ3n) is 14.9. The molecular formula is C69H115BrClIN18O22Si2. The number of alkyl halides is 3. The van der Waals surface area contributed by atoms with Gasteiger partial charge in [-0.1, -0.05) is 101 Å². The molecule has 6 aromatic rings. The molecule has 0 unspecified atom stereocenters. The van der Waals surface area contributed by atoms with Crippen LogP contribution in [0.3, 0.4) is 0 Å². The van der Waals surface area contributed by atoms with E-state index in [1.807, 2.05) is 0 Å². The number of nitrogens with zero attached hydrogens (tertiary/aromatic N) is 17. The number of aliphatic carboxylic acids is 2. The molecule has 6 heterocycles. The number of carboxylic acids is 2. The zero-order valence-corrected chi connectivity index (χ0v) is 73.5. The standard InChI is InChI=1S/C19H31N3O6.C12H17N3O6.C11H21N3O3Si.C8H19BrOSi.C8H12ClN3O2.C8H12IN3O2.C3H3N3O2/c1-18(2,3)27-15(23)14(16(24)28-19(4,5)6)10-8-7-9-12-21-13-11-20-17(21)22(25)26;1-12(9(16)17,10(18)19)5-3-2-4-7-14-8-6-13-11(14)15(20)21;1-18(2,3)17-10-6-4-5-8-13-9-7-12-11(13)14(15)16;1-11(2,3)10-8-6-4-5-7-9;2*9-4-2-1-3-6-11-7-5-10-8(11)12(13)14;7-6(8)3-4-1-2-5-3/h11,13-14H,7-10,12H2,1-6H3;6,8H,2-5,7H2,1H3,(H,16,17)(H,18,19);7,9H,4-6,8,10H2,1-3H3;4-8H2,1-3H3;2*5,7H,1-4,6H2;1-2H,(H,4,5)/i;1T3;;;;;. The predicted octanol–water partition coefficient (Wildman–Crippen LogP) is 16.3. The monoisotopic (exact) mass is 1850 g/mol. The average Bonchev–Trinajstić information content (AvgIpc) is 1.55. The summed E-state index contributed by atoms with van der Waals surface area (Å²) < 4.78 is 52.6. The lowest BCUT2D eigenvalue weighted by atomic mass is 9.85. The van der Waals surface area contributed by atoms with Gasteiger partial charge in [-0.3, -0.25) is 19.2 Å². The summed E-state index contributed by atoms with van der Waals surface area (Å²) >= 11 is 11.3. The molecule has 6 rings (SSSR count). The van der Waals surface area contributed by atoms with E-state index in [-0.39, 0.29) is 48.7 Å². The van der Waals surface area contributed by atoms with E-state index in [1.54, 1.807) is 80.0 Å². The first-order chi connectivity index (χ1) is 54.6. The van der Waals surface area contributed by atoms with E-state index < -0.39 is 106 Å². The fourth-order valence-corrected chi connectivity index (χ4v) is 12.1. The summed E-state index contributed by atoms with van der Waals surface area (Å²) in [4.78, 5) is 131. The van der Waals surface area contributed by atoms with Crippen molar-refractivity contribution in [3.63, 3.8) is 0 Å². The van der Waals surface area contributed by atoms with Gasteiger partial charge in [-0.15, -0.1) is 11.6 Å². The molecule has 0 amide bonds. The van der Waals surface area contributed by atoms with Crippen molar-refractivity contribution in [2.45, 2.75) is 260 Å². The minimum absolute atomic E-state index is 0.0412. The third-order valence-corrected chi connectivity index (χ3v) is 18.6. The van der Waals surface area contributed by atoms with Gasteiger partial charge in [-0.25, -0.2) is 27.8 Å². The number of aryl methyl sites for hydroxylation is 5. The number of unbranched alkanes of at least 4 members (excludes halogenated alkanes) is 12. The van der Waals surface area contributed by atoms with Crippen molar-refractivity contribution in [2.75, 3.05) is 28.9 Å². The second kappa shape index (κ2) is 56.6. The number of hydrogen-bond acceptors (Lipinski definition) is 26. The van der Waals surface area contributed by atoms with Crippen LogP contribution in [0.25, 0.3) is 0 Å². The zero-order valence-electron chi connectivity index (χ0n) is 70.0. The molecule has 0 saturated heterocycles. The van der Waals surface area contributed by atoms with E-state index in [1.165, 1.54) is 84.4 Å². The van der Waals surface area contributed by atoms with Crippen molar-refractivity contribution < 1.29 is 81.4 Å². The summed E-state index contributed by atoms with van der Waals surface area (Å²) in [6.07, 6.45) is 32.9. The number of aromatic nitrogens is 12. The lowest BCUT2D eigenvalue weighted by Gasteiger charge is -2.26. The number of carboxylic acid groups (broad SMARTS) is 2. The van der Waals surface area contributed by atoms with Gasteiger partial charge in [0.25, 0.3) is 0 Å². The maximum atomic E-state index is 12.4. The van der Waals surface area contributed by atoms with Gasteiger partial charge in [0.2, 0.25) is 0 Å². The zero-order chi connectivity index (χ0) is 89.2. The maximum absolute atomic E-state index is 12.4. The van der Waals surface area contributed by atoms with Crippen molar-refractivity contribution in [1.29, 1.82) is 0 Å². The fraction of sp³-hybridized carbons (Fsp3) is 0.681. The van der Waals surface area contributed by atoms with E-state index in [0.29, 0.717) is 70.6 Å². The summed E-state index contributed by atoms with van der Waals surface area (Å²) in [6.45, 7) is 24.9. The molecule has 6 aromatic heterocycles. The van der Waals surface area contributed by atoms with Crippen LogP contribution in [0, 0.1) is 72.0 Å². The molecule has 642 valence electrons. The SMILES string of the molecule is CC(C)(C)OC(=O)C(CCCCCn1ccnc1[N+](=O)[O-])C(=O)OC(C)(C)C.C[Si](C)(C)OCCCCCBr.C[Si](C)(C)OCCCCCn1ccnc1[N+](=O)[O-].O=[N+]([O-])c1ncc[nH]1.O=[N+]([O-])c1nccn1CCCCCCl.O=[N+]([O-])c1nccn1CCCCCI.[3H]C([3H])([3H])C(CCCCCn1ccnc1[N+](=O)[O-])(C(=O)O)C(=O)O. The lowest BCUT2D eigenvalue weighted by Crippen LogP contribution is -2.36. The number of hydrogen-bond donors (Lipinski definition) is 3. The first kappa shape index (κ1) is 99.6. The molecule has 0 saturated carbocycles. The largest absolute Gasteiger partial charge is 0.480 e. The molecule has 0 fully saturated rings. The van der Waals surface area contributed by atoms with Gasteiger partial charge in [0.1, 0.15) is 79.4 Å². The van der Waals surface area contributed by atoms with Crippen LogP contribution in [0.2, 0.25) is 39.3 Å². The Labute approximate surface area is 696 Å². The number of carbonyl (C=O) groups excluding carboxylic acids is 2. The first-order valence-electron chi connectivity index (χ1n) is 38.4. The van der Waals surface area contributed by atoms with Crippen LogP contribution < -0.4 is 0 Å². The minimum atomic E-state index is -3.19. The Balaban J connectivity index is 0.00000139. The number of carbonyl (C=O) groups is 4. The topological polar surface area (TPSA) is 522 Å². The summed E-state index contributed by atoms with van der Waals surface area (Å²) in [5.74, 6) is -6.29. The van der Waals surface area contributed by atoms with Crippen LogP contribution in [0.1, 0.15) is 181 Å². The van der Waals surface area contributed by atoms with Crippen LogP contribution in [0.4, 0.5) is 35.7 Å². The first-order valence-corrected chi connectivity index (χ1v) is 46.9. The highest BCUT2D eigenvalue weighted by Crippen LogP contribution is 2.27. The Kier molecular flexibility index (Phi) is 49.5. The van der Waals surface area contributed by atoms with E-state index in [0.717, 1.165) is 74.3 Å². The number of rotatable bonds is 45. The molecule has 45 heteroatoms. The van der Waals surface area contributed by atoms with Crippen LogP contribution in [-0.2, 0) is 70.2 Å². The fourth-order valence-electron chi connectivity index (χ4n) is 9.43. The number of ether oxygens (including phenoxy) is 2. The molecular weight excluding hydrogens is 1730 g/mol. The van der Waals surface area contributed by atoms with E-state index >= 15 is 0 Å². The normalized spacial score (nSPS) is 11.7. The minimum Gasteiger partial charge on any atom is -0.480 e. The second-order valence-corrected chi connectivity index (χ2v) is 40.4. The van der Waals surface area contributed by atoms with Crippen molar-refractivity contribution in [3.05, 3.63) is 135 Å². The second-order valence-electron chi connectivity index (χ2n) is 29.1. The van der Waals surface area contributed by atoms with Gasteiger partial charge in [-0.2, -0.15) is 0 Å².